The third kappa shape index (κ3) is 12.1. The molecule has 408 valence electrons. The minimum Gasteiger partial charge on any atom is -0.390 e. The van der Waals surface area contributed by atoms with Gasteiger partial charge in [0.05, 0.1) is 87.4 Å². The van der Waals surface area contributed by atoms with Gasteiger partial charge in [-0.3, -0.25) is 0 Å². The molecule has 0 spiro atoms. The molecule has 0 saturated heterocycles. The van der Waals surface area contributed by atoms with Crippen LogP contribution in [-0.2, 0) is 19.3 Å². The van der Waals surface area contributed by atoms with Crippen LogP contribution < -0.4 is 0 Å². The maximum atomic E-state index is 14.3. The average Bonchev–Trinajstić information content (AvgIpc) is 4.27. The molecule has 0 aromatic carbocycles. The molecule has 24 heteroatoms. The highest BCUT2D eigenvalue weighted by molar-refractivity contribution is 6.32. The quantitative estimate of drug-likeness (QED) is 0.0654. The molecule has 12 rings (SSSR count). The summed E-state index contributed by atoms with van der Waals surface area (Å²) >= 11 is 18.1. The van der Waals surface area contributed by atoms with Gasteiger partial charge in [-0.05, 0) is 93.7 Å². The van der Waals surface area contributed by atoms with Crippen LogP contribution in [0.1, 0.15) is 74.9 Å². The molecule has 0 radical (unpaired) electrons. The number of halogens is 6. The van der Waals surface area contributed by atoms with Crippen LogP contribution in [0.25, 0.3) is 67.3 Å². The highest BCUT2D eigenvalue weighted by atomic mass is 35.5. The van der Waals surface area contributed by atoms with Crippen molar-refractivity contribution in [2.24, 2.45) is 17.8 Å². The normalized spacial score (nSPS) is 23.5. The monoisotopic (exact) mass is 1130 g/mol. The third-order valence-corrected chi connectivity index (χ3v) is 15.5. The molecule has 78 heavy (non-hydrogen) atoms. The third-order valence-electron chi connectivity index (χ3n) is 14.9. The highest BCUT2D eigenvalue weighted by Crippen LogP contribution is 2.35. The van der Waals surface area contributed by atoms with Crippen molar-refractivity contribution in [3.8, 4) is 34.2 Å². The van der Waals surface area contributed by atoms with E-state index in [1.165, 1.54) is 18.6 Å². The Balaban J connectivity index is 0.000000132. The lowest BCUT2D eigenvalue weighted by Crippen LogP contribution is -2.38. The summed E-state index contributed by atoms with van der Waals surface area (Å²) < 4.78 is 42.8. The fourth-order valence-corrected chi connectivity index (χ4v) is 11.1. The van der Waals surface area contributed by atoms with Crippen molar-refractivity contribution < 1.29 is 43.8 Å². The molecule has 3 aliphatic rings. The van der Waals surface area contributed by atoms with E-state index in [1.54, 1.807) is 36.8 Å². The van der Waals surface area contributed by atoms with Crippen LogP contribution in [0.3, 0.4) is 0 Å². The van der Waals surface area contributed by atoms with Gasteiger partial charge in [0.2, 0.25) is 0 Å². The van der Waals surface area contributed by atoms with Crippen molar-refractivity contribution in [1.82, 2.24) is 59.8 Å². The lowest BCUT2D eigenvalue weighted by Gasteiger charge is -2.31. The summed E-state index contributed by atoms with van der Waals surface area (Å²) in [5, 5.41) is 63.8. The maximum Gasteiger partial charge on any atom is 0.163 e. The lowest BCUT2D eigenvalue weighted by atomic mass is 9.82. The molecule has 18 nitrogen and oxygen atoms in total. The standard InChI is InChI=1S/3C18H18ClFN4O2/c3*19-10-5-11-12(7-22-17(11)21-6-10)18-23-8-13(20)14(24-18)4-9-2-1-3-15(25)16(9)26/h3*5-9,15-16,25-26H,1-4H2,(H,21,22)/t9?,15-,16+;2*9?,15-,16-/m010/s1. The largest absolute Gasteiger partial charge is 0.390 e. The predicted molar refractivity (Wildman–Crippen MR) is 285 cm³/mol. The summed E-state index contributed by atoms with van der Waals surface area (Å²) in [6.45, 7) is 0. The number of aromatic amines is 3. The molecule has 9 aromatic rings. The molecular weight excluding hydrogens is 1080 g/mol. The van der Waals surface area contributed by atoms with E-state index in [-0.39, 0.29) is 54.1 Å². The number of aliphatic hydroxyl groups is 6. The van der Waals surface area contributed by atoms with Crippen molar-refractivity contribution in [3.63, 3.8) is 0 Å². The summed E-state index contributed by atoms with van der Waals surface area (Å²) in [5.74, 6) is -1.14. The van der Waals surface area contributed by atoms with Crippen LogP contribution in [-0.4, -0.2) is 127 Å². The van der Waals surface area contributed by atoms with Gasteiger partial charge in [0.15, 0.2) is 34.9 Å². The molecule has 3 saturated carbocycles. The van der Waals surface area contributed by atoms with E-state index in [4.69, 9.17) is 34.8 Å². The van der Waals surface area contributed by atoms with Gasteiger partial charge in [0.1, 0.15) is 16.9 Å². The topological polar surface area (TPSA) is 285 Å². The first-order chi connectivity index (χ1) is 37.6. The molecule has 9 aromatic heterocycles. The summed E-state index contributed by atoms with van der Waals surface area (Å²) in [7, 11) is 0. The number of pyridine rings is 3. The number of rotatable bonds is 9. The number of hydrogen-bond acceptors (Lipinski definition) is 15. The zero-order chi connectivity index (χ0) is 54.8. The van der Waals surface area contributed by atoms with E-state index >= 15 is 0 Å². The van der Waals surface area contributed by atoms with Gasteiger partial charge < -0.3 is 45.6 Å². The van der Waals surface area contributed by atoms with E-state index in [0.29, 0.717) is 85.4 Å². The minimum absolute atomic E-state index is 0.227. The van der Waals surface area contributed by atoms with Gasteiger partial charge in [0.25, 0.3) is 0 Å². The van der Waals surface area contributed by atoms with E-state index in [9.17, 15) is 43.8 Å². The number of aromatic nitrogens is 12. The molecule has 3 fully saturated rings. The number of fused-ring (bicyclic) bond motifs is 3. The SMILES string of the molecule is O[C@@H]1C(Cc2nc(-c3c[nH]c4ncc(Cl)cc34)ncc2F)CCC[C@@H]1O.O[C@@H]1CCCC(Cc2nc(-c3c[nH]c4ncc(Cl)cc34)ncc2F)[C@H]1O.O[C@H]1CCCC(Cc2nc(-c3c[nH]c4ncc(Cl)cc34)ncc2F)[C@@H]1O. The van der Waals surface area contributed by atoms with Gasteiger partial charge in [-0.25, -0.2) is 58.0 Å². The van der Waals surface area contributed by atoms with Crippen LogP contribution in [0.2, 0.25) is 15.1 Å². The first kappa shape index (κ1) is 55.1. The first-order valence-corrected chi connectivity index (χ1v) is 26.7. The summed E-state index contributed by atoms with van der Waals surface area (Å²) in [5.41, 5.74) is 4.67. The molecule has 9 N–H and O–H groups in total. The highest BCUT2D eigenvalue weighted by Gasteiger charge is 2.34. The minimum atomic E-state index is -0.863. The van der Waals surface area contributed by atoms with Crippen LogP contribution in [0, 0.1) is 35.2 Å². The number of aliphatic hydroxyl groups excluding tert-OH is 6. The summed E-state index contributed by atoms with van der Waals surface area (Å²) in [4.78, 5) is 47.1. The Morgan fingerprint density at radius 3 is 0.974 bits per heavy atom. The van der Waals surface area contributed by atoms with E-state index in [1.807, 2.05) is 0 Å². The Kier molecular flexibility index (Phi) is 16.9. The Morgan fingerprint density at radius 2 is 0.692 bits per heavy atom. The van der Waals surface area contributed by atoms with Crippen molar-refractivity contribution >= 4 is 67.9 Å². The zero-order valence-corrected chi connectivity index (χ0v) is 43.9. The first-order valence-electron chi connectivity index (χ1n) is 25.6. The Hall–Kier alpha value is -6.27. The van der Waals surface area contributed by atoms with Crippen molar-refractivity contribution in [2.45, 2.75) is 114 Å². The predicted octanol–water partition coefficient (Wildman–Crippen LogP) is 8.63. The average molecular weight is 1130 g/mol. The lowest BCUT2D eigenvalue weighted by molar-refractivity contribution is -0.0447. The van der Waals surface area contributed by atoms with E-state index in [2.05, 4.69) is 59.8 Å². The second-order valence-electron chi connectivity index (χ2n) is 20.1. The summed E-state index contributed by atoms with van der Waals surface area (Å²) in [6.07, 6.45) is 15.3. The smallest absolute Gasteiger partial charge is 0.163 e. The summed E-state index contributed by atoms with van der Waals surface area (Å²) in [6, 6.07) is 5.26. The van der Waals surface area contributed by atoms with Crippen LogP contribution >= 0.6 is 34.8 Å². The van der Waals surface area contributed by atoms with Gasteiger partial charge >= 0.3 is 0 Å². The van der Waals surface area contributed by atoms with Crippen LogP contribution in [0.4, 0.5) is 13.2 Å². The second-order valence-corrected chi connectivity index (χ2v) is 21.4. The number of hydrogen-bond donors (Lipinski definition) is 9. The molecule has 3 aliphatic carbocycles. The molecule has 0 amide bonds. The van der Waals surface area contributed by atoms with Gasteiger partial charge in [-0.15, -0.1) is 0 Å². The maximum absolute atomic E-state index is 14.3. The number of H-pyrrole nitrogens is 3. The number of nitrogens with zero attached hydrogens (tertiary/aromatic N) is 9. The molecular formula is C54H54Cl3F3N12O6. The van der Waals surface area contributed by atoms with Crippen LogP contribution in [0.5, 0.6) is 0 Å². The van der Waals surface area contributed by atoms with E-state index in [0.717, 1.165) is 73.3 Å². The zero-order valence-electron chi connectivity index (χ0n) is 41.6. The van der Waals surface area contributed by atoms with Crippen LogP contribution in [0.15, 0.2) is 74.0 Å². The fraction of sp³-hybridized carbons (Fsp3) is 0.389. The molecule has 9 atom stereocenters. The Bertz CT molecular complexity index is 3210. The van der Waals surface area contributed by atoms with Gasteiger partial charge in [0, 0.05) is 70.0 Å². The second kappa shape index (κ2) is 24.0. The van der Waals surface area contributed by atoms with Gasteiger partial charge in [-0.1, -0.05) is 54.1 Å². The van der Waals surface area contributed by atoms with Crippen molar-refractivity contribution in [1.29, 1.82) is 0 Å². The van der Waals surface area contributed by atoms with Crippen molar-refractivity contribution in [3.05, 3.63) is 124 Å². The number of nitrogens with one attached hydrogen (secondary N) is 3. The Labute approximate surface area is 458 Å². The van der Waals surface area contributed by atoms with Gasteiger partial charge in [-0.2, -0.15) is 0 Å². The van der Waals surface area contributed by atoms with Crippen molar-refractivity contribution in [2.75, 3.05) is 0 Å². The molecule has 0 aliphatic heterocycles. The fourth-order valence-electron chi connectivity index (χ4n) is 10.7. The van der Waals surface area contributed by atoms with E-state index < -0.39 is 54.1 Å². The molecule has 3 unspecified atom stereocenters. The molecule has 0 bridgehead atoms. The Morgan fingerprint density at radius 1 is 0.410 bits per heavy atom. The molecule has 9 heterocycles.